The molecule has 234 valence electrons. The lowest BCUT2D eigenvalue weighted by atomic mass is 9.83. The Labute approximate surface area is 269 Å². The highest BCUT2D eigenvalue weighted by Crippen LogP contribution is 2.42. The van der Waals surface area contributed by atoms with Crippen LogP contribution < -0.4 is 24.4 Å². The minimum atomic E-state index is -0.765. The van der Waals surface area contributed by atoms with Gasteiger partial charge >= 0.3 is 5.69 Å². The van der Waals surface area contributed by atoms with Gasteiger partial charge in [0.2, 0.25) is 5.75 Å². The molecule has 5 aromatic rings. The molecule has 4 aromatic carbocycles. The smallest absolute Gasteiger partial charge is 0.318 e. The van der Waals surface area contributed by atoms with Gasteiger partial charge in [0.1, 0.15) is 5.82 Å². The third-order valence-corrected chi connectivity index (χ3v) is 9.10. The van der Waals surface area contributed by atoms with E-state index in [1.807, 2.05) is 18.2 Å². The molecular weight excluding hydrogens is 627 g/mol. The van der Waals surface area contributed by atoms with Crippen LogP contribution in [0.3, 0.4) is 0 Å². The molecule has 0 bridgehead atoms. The number of nitro benzene ring substituents is 2. The quantitative estimate of drug-likeness (QED) is 0.154. The molecule has 1 aliphatic carbocycles. The van der Waals surface area contributed by atoms with Crippen LogP contribution in [0.2, 0.25) is 0 Å². The van der Waals surface area contributed by atoms with Crippen molar-refractivity contribution in [1.29, 1.82) is 0 Å². The lowest BCUT2D eigenvalue weighted by Gasteiger charge is -2.30. The highest BCUT2D eigenvalue weighted by Gasteiger charge is 2.32. The van der Waals surface area contributed by atoms with Crippen LogP contribution in [-0.2, 0) is 6.42 Å². The Morgan fingerprint density at radius 3 is 2.45 bits per heavy atom. The average molecular weight is 651 g/mol. The van der Waals surface area contributed by atoms with Crippen LogP contribution in [0, 0.1) is 26.0 Å². The number of nitrogens with zero attached hydrogens (tertiary/aromatic N) is 4. The molecule has 0 spiro atoms. The zero-order valence-corrected chi connectivity index (χ0v) is 25.4. The van der Waals surface area contributed by atoms with Gasteiger partial charge in [0.05, 0.1) is 39.3 Å². The van der Waals surface area contributed by atoms with E-state index in [2.05, 4.69) is 6.07 Å². The van der Waals surface area contributed by atoms with Crippen molar-refractivity contribution >= 4 is 34.5 Å². The summed E-state index contributed by atoms with van der Waals surface area (Å²) in [6.45, 7) is 0. The lowest BCUT2D eigenvalue weighted by molar-refractivity contribution is -0.394. The van der Waals surface area contributed by atoms with Crippen LogP contribution >= 0.6 is 11.3 Å². The van der Waals surface area contributed by atoms with E-state index < -0.39 is 27.3 Å². The highest BCUT2D eigenvalue weighted by molar-refractivity contribution is 7.07. The second-order valence-electron chi connectivity index (χ2n) is 10.8. The fraction of sp³-hybridized carbons (Fsp3) is 0.118. The van der Waals surface area contributed by atoms with Crippen molar-refractivity contribution in [2.75, 3.05) is 7.11 Å². The molecule has 0 saturated heterocycles. The van der Waals surface area contributed by atoms with Gasteiger partial charge in [-0.3, -0.25) is 29.6 Å². The summed E-state index contributed by atoms with van der Waals surface area (Å²) >= 11 is 1.24. The standard InChI is InChI=1S/C34H23FN4O7S/c1-45-29-16-19(6-14-28(29)46-27-15-12-23(38(41)42)18-26(27)39(43)44)17-30-33(40)37-32(21-7-10-22(35)11-8-21)25-13-9-20-4-2-3-5-24(20)31(25)36-34(37)47-30/h2-8,10-12,14-18,32H,9,13H2,1H3/b30-17+/t32-/m1/s1. The Balaban J connectivity index is 1.31. The third-order valence-electron chi connectivity index (χ3n) is 8.11. The van der Waals surface area contributed by atoms with Crippen molar-refractivity contribution in [1.82, 2.24) is 4.57 Å². The third kappa shape index (κ3) is 5.36. The number of hydrogen-bond donors (Lipinski definition) is 0. The molecule has 0 N–H and O–H groups in total. The van der Waals surface area contributed by atoms with Gasteiger partial charge in [-0.25, -0.2) is 9.38 Å². The fourth-order valence-electron chi connectivity index (χ4n) is 5.94. The van der Waals surface area contributed by atoms with Gasteiger partial charge in [0.15, 0.2) is 16.3 Å². The Hall–Kier alpha value is -5.95. The van der Waals surface area contributed by atoms with E-state index in [0.717, 1.165) is 47.0 Å². The van der Waals surface area contributed by atoms with E-state index in [1.54, 1.807) is 34.9 Å². The second-order valence-corrected chi connectivity index (χ2v) is 11.9. The number of benzene rings is 4. The SMILES string of the molecule is COc1cc(/C=c2/sc3n(c2=O)[C@H](c2ccc(F)cc2)C2=C(N=3)c3ccccc3CC2)ccc1Oc1ccc([N+](=O)[O-])cc1[N+](=O)[O-]. The molecule has 0 fully saturated rings. The van der Waals surface area contributed by atoms with Gasteiger partial charge in [-0.15, -0.1) is 0 Å². The molecule has 1 atom stereocenters. The number of fused-ring (bicyclic) bond motifs is 3. The molecule has 1 aliphatic heterocycles. The van der Waals surface area contributed by atoms with Crippen molar-refractivity contribution in [2.24, 2.45) is 4.99 Å². The molecule has 0 radical (unpaired) electrons. The molecule has 2 heterocycles. The number of rotatable bonds is 7. The van der Waals surface area contributed by atoms with Gasteiger partial charge in [-0.2, -0.15) is 0 Å². The van der Waals surface area contributed by atoms with Crippen LogP contribution in [0.15, 0.2) is 100 Å². The van der Waals surface area contributed by atoms with Crippen molar-refractivity contribution in [2.45, 2.75) is 18.9 Å². The molecule has 11 nitrogen and oxygen atoms in total. The molecule has 1 aromatic heterocycles. The summed E-state index contributed by atoms with van der Waals surface area (Å²) < 4.78 is 27.3. The van der Waals surface area contributed by atoms with Crippen LogP contribution in [0.25, 0.3) is 11.8 Å². The largest absolute Gasteiger partial charge is 0.493 e. The number of nitro groups is 2. The van der Waals surface area contributed by atoms with Gasteiger partial charge in [0.25, 0.3) is 11.2 Å². The summed E-state index contributed by atoms with van der Waals surface area (Å²) in [5, 5.41) is 22.7. The number of thiazole rings is 1. The monoisotopic (exact) mass is 650 g/mol. The normalized spacial score (nSPS) is 15.3. The summed E-state index contributed by atoms with van der Waals surface area (Å²) in [5.74, 6) is -0.221. The molecule has 13 heteroatoms. The van der Waals surface area contributed by atoms with Gasteiger partial charge in [-0.05, 0) is 71.5 Å². The van der Waals surface area contributed by atoms with Gasteiger partial charge in [0, 0.05) is 11.6 Å². The molecule has 0 saturated carbocycles. The van der Waals surface area contributed by atoms with E-state index in [-0.39, 0.29) is 28.6 Å². The molecule has 0 unspecified atom stereocenters. The number of non-ortho nitro benzene ring substituents is 1. The summed E-state index contributed by atoms with van der Waals surface area (Å²) in [4.78, 5) is 40.8. The zero-order valence-electron chi connectivity index (χ0n) is 24.6. The summed E-state index contributed by atoms with van der Waals surface area (Å²) in [5.41, 5.74) is 4.12. The van der Waals surface area contributed by atoms with Gasteiger partial charge < -0.3 is 9.47 Å². The first kappa shape index (κ1) is 29.7. The number of aromatic nitrogens is 1. The van der Waals surface area contributed by atoms with E-state index in [1.165, 1.54) is 42.2 Å². The molecular formula is C34H23FN4O7S. The van der Waals surface area contributed by atoms with Crippen LogP contribution in [0.1, 0.15) is 34.7 Å². The van der Waals surface area contributed by atoms with Gasteiger partial charge in [-0.1, -0.05) is 53.8 Å². The van der Waals surface area contributed by atoms with E-state index in [0.29, 0.717) is 21.3 Å². The maximum absolute atomic E-state index is 14.0. The number of halogens is 1. The number of aryl methyl sites for hydroxylation is 1. The lowest BCUT2D eigenvalue weighted by Crippen LogP contribution is -2.38. The van der Waals surface area contributed by atoms with Crippen molar-refractivity contribution < 1.29 is 23.7 Å². The van der Waals surface area contributed by atoms with Crippen LogP contribution in [-0.4, -0.2) is 21.5 Å². The number of hydrogen-bond acceptors (Lipinski definition) is 9. The zero-order chi connectivity index (χ0) is 32.8. The molecule has 47 heavy (non-hydrogen) atoms. The van der Waals surface area contributed by atoms with Crippen molar-refractivity contribution in [3.8, 4) is 17.2 Å². The van der Waals surface area contributed by atoms with E-state index in [9.17, 15) is 29.4 Å². The Kier molecular flexibility index (Phi) is 7.45. The first-order valence-corrected chi connectivity index (χ1v) is 15.2. The van der Waals surface area contributed by atoms with E-state index >= 15 is 0 Å². The molecule has 0 amide bonds. The molecule has 2 aliphatic rings. The van der Waals surface area contributed by atoms with Crippen LogP contribution in [0.5, 0.6) is 17.2 Å². The summed E-state index contributed by atoms with van der Waals surface area (Å²) in [6, 6.07) is 21.7. The summed E-state index contributed by atoms with van der Waals surface area (Å²) in [6.07, 6.45) is 3.19. The number of allylic oxidation sites excluding steroid dienone is 1. The maximum Gasteiger partial charge on any atom is 0.318 e. The topological polar surface area (TPSA) is 139 Å². The average Bonchev–Trinajstić information content (AvgIpc) is 3.38. The number of ether oxygens (including phenoxy) is 2. The van der Waals surface area contributed by atoms with Crippen molar-refractivity contribution in [3.63, 3.8) is 0 Å². The first-order chi connectivity index (χ1) is 22.7. The van der Waals surface area contributed by atoms with E-state index in [4.69, 9.17) is 14.5 Å². The predicted molar refractivity (Wildman–Crippen MR) is 172 cm³/mol. The minimum absolute atomic E-state index is 0.130. The summed E-state index contributed by atoms with van der Waals surface area (Å²) in [7, 11) is 1.40. The Morgan fingerprint density at radius 2 is 1.70 bits per heavy atom. The Bertz CT molecular complexity index is 2330. The highest BCUT2D eigenvalue weighted by atomic mass is 32.1. The minimum Gasteiger partial charge on any atom is -0.493 e. The fourth-order valence-corrected chi connectivity index (χ4v) is 6.94. The Morgan fingerprint density at radius 1 is 0.936 bits per heavy atom. The molecule has 7 rings (SSSR count). The first-order valence-electron chi connectivity index (χ1n) is 14.4. The maximum atomic E-state index is 14.0. The van der Waals surface area contributed by atoms with Crippen molar-refractivity contribution in [3.05, 3.63) is 158 Å². The second kappa shape index (κ2) is 11.8. The number of methoxy groups -OCH3 is 1. The predicted octanol–water partition coefficient (Wildman–Crippen LogP) is 6.08. The van der Waals surface area contributed by atoms with Crippen LogP contribution in [0.4, 0.5) is 15.8 Å².